The fourth-order valence-electron chi connectivity index (χ4n) is 6.53. The Bertz CT molecular complexity index is 1470. The number of amides is 2. The van der Waals surface area contributed by atoms with E-state index in [2.05, 4.69) is 20.1 Å². The zero-order chi connectivity index (χ0) is 27.1. The number of likely N-dealkylation sites (tertiary alicyclic amines) is 2. The fraction of sp³-hybridized carbons (Fsp3) is 0.375. The van der Waals surface area contributed by atoms with E-state index in [1.807, 2.05) is 38.1 Å². The molecular weight excluding hydrogens is 491 g/mol. The molecule has 3 aromatic rings. The molecule has 3 aliphatic heterocycles. The van der Waals surface area contributed by atoms with Gasteiger partial charge in [-0.3, -0.25) is 9.59 Å². The molecule has 2 saturated heterocycles. The fourth-order valence-corrected chi connectivity index (χ4v) is 6.53. The molecule has 6 rings (SSSR count). The van der Waals surface area contributed by atoms with Crippen molar-refractivity contribution >= 4 is 29.2 Å². The Morgan fingerprint density at radius 1 is 1.03 bits per heavy atom. The summed E-state index contributed by atoms with van der Waals surface area (Å²) in [5.41, 5.74) is 6.65. The van der Waals surface area contributed by atoms with E-state index in [9.17, 15) is 14.0 Å². The predicted molar refractivity (Wildman–Crippen MR) is 153 cm³/mol. The normalized spacial score (nSPS) is 20.2. The molecule has 0 unspecified atom stereocenters. The number of rotatable bonds is 6. The number of carbonyl (C=O) groups is 2. The zero-order valence-electron chi connectivity index (χ0n) is 22.6. The van der Waals surface area contributed by atoms with Crippen LogP contribution >= 0.6 is 0 Å². The van der Waals surface area contributed by atoms with Crippen LogP contribution < -0.4 is 5.32 Å². The lowest BCUT2D eigenvalue weighted by atomic mass is 9.93. The molecule has 0 saturated carbocycles. The van der Waals surface area contributed by atoms with Gasteiger partial charge in [-0.1, -0.05) is 30.3 Å². The number of hydrogen-bond donors (Lipinski definition) is 2. The number of halogens is 1. The van der Waals surface area contributed by atoms with Gasteiger partial charge in [0.25, 0.3) is 5.91 Å². The van der Waals surface area contributed by atoms with Crippen LogP contribution in [0.4, 0.5) is 10.1 Å². The maximum atomic E-state index is 14.7. The smallest absolute Gasteiger partial charge is 0.256 e. The lowest BCUT2D eigenvalue weighted by molar-refractivity contribution is -0.131. The predicted octanol–water partition coefficient (Wildman–Crippen LogP) is 5.56. The third-order valence-electron chi connectivity index (χ3n) is 8.60. The van der Waals surface area contributed by atoms with Crippen molar-refractivity contribution in [1.82, 2.24) is 14.8 Å². The molecule has 0 radical (unpaired) electrons. The molecule has 6 nitrogen and oxygen atoms in total. The standard InChI is InChI=1S/C32H35FN4O2/c1-20-25(18-30(38)37-16-8-9-22(37)19-36-14-5-6-15-36)21(2)34-29(20)17-26-31-24(23-10-3-4-12-27(23)33)11-7-13-28(31)35-32(26)39/h3-4,7,10-13,17,22,34H,5-6,8-9,14-16,18-19H2,1-2H3,(H,35,39)/b26-17-/t22-/m0/s1. The highest BCUT2D eigenvalue weighted by molar-refractivity contribution is 6.36. The average Bonchev–Trinajstić information content (AvgIpc) is 3.71. The molecule has 39 heavy (non-hydrogen) atoms. The topological polar surface area (TPSA) is 68.4 Å². The van der Waals surface area contributed by atoms with Crippen LogP contribution in [0, 0.1) is 19.7 Å². The van der Waals surface area contributed by atoms with Crippen molar-refractivity contribution in [2.24, 2.45) is 0 Å². The molecular formula is C32H35FN4O2. The molecule has 0 aliphatic carbocycles. The summed E-state index contributed by atoms with van der Waals surface area (Å²) < 4.78 is 14.7. The number of fused-ring (bicyclic) bond motifs is 1. The van der Waals surface area contributed by atoms with Gasteiger partial charge in [0.15, 0.2) is 0 Å². The van der Waals surface area contributed by atoms with Gasteiger partial charge in [0.05, 0.1) is 12.0 Å². The first-order valence-corrected chi connectivity index (χ1v) is 14.0. The van der Waals surface area contributed by atoms with Crippen LogP contribution in [0.15, 0.2) is 42.5 Å². The van der Waals surface area contributed by atoms with Crippen molar-refractivity contribution in [2.75, 3.05) is 31.5 Å². The Morgan fingerprint density at radius 3 is 2.59 bits per heavy atom. The molecule has 0 spiro atoms. The van der Waals surface area contributed by atoms with Crippen molar-refractivity contribution in [3.63, 3.8) is 0 Å². The largest absolute Gasteiger partial charge is 0.359 e. The minimum atomic E-state index is -0.331. The average molecular weight is 527 g/mol. The van der Waals surface area contributed by atoms with E-state index < -0.39 is 0 Å². The maximum absolute atomic E-state index is 14.7. The van der Waals surface area contributed by atoms with E-state index in [-0.39, 0.29) is 17.6 Å². The molecule has 1 atom stereocenters. The van der Waals surface area contributed by atoms with Gasteiger partial charge in [0.1, 0.15) is 5.82 Å². The van der Waals surface area contributed by atoms with Crippen LogP contribution in [0.5, 0.6) is 0 Å². The van der Waals surface area contributed by atoms with E-state index in [1.54, 1.807) is 18.2 Å². The van der Waals surface area contributed by atoms with Crippen molar-refractivity contribution in [3.8, 4) is 11.1 Å². The Hall–Kier alpha value is -3.71. The Morgan fingerprint density at radius 2 is 1.79 bits per heavy atom. The third kappa shape index (κ3) is 4.80. The summed E-state index contributed by atoms with van der Waals surface area (Å²) in [5, 5.41) is 2.93. The number of carbonyl (C=O) groups excluding carboxylic acids is 2. The molecule has 2 N–H and O–H groups in total. The summed E-state index contributed by atoms with van der Waals surface area (Å²) in [7, 11) is 0. The second-order valence-corrected chi connectivity index (χ2v) is 11.1. The molecule has 7 heteroatoms. The summed E-state index contributed by atoms with van der Waals surface area (Å²) in [6, 6.07) is 12.4. The van der Waals surface area contributed by atoms with Gasteiger partial charge >= 0.3 is 0 Å². The van der Waals surface area contributed by atoms with Gasteiger partial charge < -0.3 is 20.1 Å². The van der Waals surface area contributed by atoms with Gasteiger partial charge in [0, 0.05) is 47.3 Å². The Balaban J connectivity index is 1.28. The second kappa shape index (κ2) is 10.5. The van der Waals surface area contributed by atoms with Gasteiger partial charge in [-0.05, 0) is 87.5 Å². The molecule has 2 amide bonds. The van der Waals surface area contributed by atoms with E-state index in [4.69, 9.17) is 0 Å². The van der Waals surface area contributed by atoms with E-state index in [0.29, 0.717) is 40.4 Å². The van der Waals surface area contributed by atoms with E-state index in [0.717, 1.165) is 61.5 Å². The Kier molecular flexibility index (Phi) is 6.85. The molecule has 2 fully saturated rings. The summed E-state index contributed by atoms with van der Waals surface area (Å²) in [6.45, 7) is 8.07. The summed E-state index contributed by atoms with van der Waals surface area (Å²) >= 11 is 0. The van der Waals surface area contributed by atoms with Crippen LogP contribution in [-0.2, 0) is 16.0 Å². The zero-order valence-corrected chi connectivity index (χ0v) is 22.6. The van der Waals surface area contributed by atoms with Gasteiger partial charge in [0.2, 0.25) is 5.91 Å². The number of nitrogens with zero attached hydrogens (tertiary/aromatic N) is 2. The van der Waals surface area contributed by atoms with Crippen LogP contribution in [0.25, 0.3) is 22.8 Å². The minimum absolute atomic E-state index is 0.173. The third-order valence-corrected chi connectivity index (χ3v) is 8.60. The summed E-state index contributed by atoms with van der Waals surface area (Å²) in [5.74, 6) is -0.381. The van der Waals surface area contributed by atoms with Crippen molar-refractivity contribution < 1.29 is 14.0 Å². The highest BCUT2D eigenvalue weighted by Crippen LogP contribution is 2.41. The highest BCUT2D eigenvalue weighted by atomic mass is 19.1. The second-order valence-electron chi connectivity index (χ2n) is 11.1. The van der Waals surface area contributed by atoms with Crippen LogP contribution in [-0.4, -0.2) is 58.8 Å². The number of aryl methyl sites for hydroxylation is 1. The van der Waals surface area contributed by atoms with Gasteiger partial charge in [-0.2, -0.15) is 0 Å². The number of nitrogens with one attached hydrogen (secondary N) is 2. The Labute approximate surface area is 228 Å². The van der Waals surface area contributed by atoms with Crippen molar-refractivity contribution in [3.05, 3.63) is 76.4 Å². The molecule has 2 aromatic carbocycles. The van der Waals surface area contributed by atoms with Crippen molar-refractivity contribution in [1.29, 1.82) is 0 Å². The van der Waals surface area contributed by atoms with Crippen LogP contribution in [0.3, 0.4) is 0 Å². The molecule has 202 valence electrons. The van der Waals surface area contributed by atoms with Gasteiger partial charge in [-0.15, -0.1) is 0 Å². The SMILES string of the molecule is Cc1[nH]c(/C=C2\C(=O)Nc3cccc(-c4ccccc4F)c32)c(C)c1CC(=O)N1CCC[C@H]1CN1CCCC1. The number of aromatic amines is 1. The minimum Gasteiger partial charge on any atom is -0.359 e. The lowest BCUT2D eigenvalue weighted by Crippen LogP contribution is -2.43. The van der Waals surface area contributed by atoms with Gasteiger partial charge in [-0.25, -0.2) is 4.39 Å². The number of hydrogen-bond acceptors (Lipinski definition) is 3. The summed E-state index contributed by atoms with van der Waals surface area (Å²) in [4.78, 5) is 34.6. The monoisotopic (exact) mass is 526 g/mol. The first-order chi connectivity index (χ1) is 18.9. The molecule has 1 aromatic heterocycles. The quantitative estimate of drug-likeness (QED) is 0.413. The molecule has 0 bridgehead atoms. The molecule has 3 aliphatic rings. The first-order valence-electron chi connectivity index (χ1n) is 14.0. The maximum Gasteiger partial charge on any atom is 0.256 e. The van der Waals surface area contributed by atoms with E-state index >= 15 is 0 Å². The number of benzene rings is 2. The van der Waals surface area contributed by atoms with Crippen molar-refractivity contribution in [2.45, 2.75) is 52.0 Å². The van der Waals surface area contributed by atoms with Crippen LogP contribution in [0.2, 0.25) is 0 Å². The van der Waals surface area contributed by atoms with Crippen LogP contribution in [0.1, 0.15) is 53.8 Å². The lowest BCUT2D eigenvalue weighted by Gasteiger charge is -2.28. The molecule has 4 heterocycles. The van der Waals surface area contributed by atoms with E-state index in [1.165, 1.54) is 18.9 Å². The number of aromatic nitrogens is 1. The highest BCUT2D eigenvalue weighted by Gasteiger charge is 2.32. The number of H-pyrrole nitrogens is 1. The first kappa shape index (κ1) is 25.6. The number of anilines is 1. The summed E-state index contributed by atoms with van der Waals surface area (Å²) in [6.07, 6.45) is 6.83.